The van der Waals surface area contributed by atoms with Gasteiger partial charge in [-0.05, 0) is 31.9 Å². The highest BCUT2D eigenvalue weighted by Crippen LogP contribution is 2.51. The van der Waals surface area contributed by atoms with Gasteiger partial charge in [-0.2, -0.15) is 0 Å². The molecule has 3 aliphatic rings. The zero-order chi connectivity index (χ0) is 25.5. The zero-order valence-corrected chi connectivity index (χ0v) is 20.2. The fraction of sp³-hybridized carbons (Fsp3) is 0.458. The Labute approximate surface area is 201 Å². The van der Waals surface area contributed by atoms with E-state index < -0.39 is 59.8 Å². The predicted octanol–water partition coefficient (Wildman–Crippen LogP) is 2.48. The van der Waals surface area contributed by atoms with Crippen molar-refractivity contribution in [3.05, 3.63) is 45.6 Å². The Bertz CT molecular complexity index is 1090. The van der Waals surface area contributed by atoms with Gasteiger partial charge in [0.05, 0.1) is 16.5 Å². The van der Waals surface area contributed by atoms with Crippen LogP contribution >= 0.6 is 11.6 Å². The van der Waals surface area contributed by atoms with E-state index >= 15 is 0 Å². The molecule has 0 aromatic rings. The van der Waals surface area contributed by atoms with Crippen molar-refractivity contribution < 1.29 is 42.9 Å². The van der Waals surface area contributed by atoms with Crippen LogP contribution in [0.4, 0.5) is 0 Å². The van der Waals surface area contributed by atoms with Crippen LogP contribution in [-0.4, -0.2) is 54.6 Å². The first kappa shape index (κ1) is 25.4. The number of hydrogen-bond acceptors (Lipinski definition) is 9. The summed E-state index contributed by atoms with van der Waals surface area (Å²) in [6, 6.07) is 0. The van der Waals surface area contributed by atoms with Crippen LogP contribution in [0, 0.1) is 11.8 Å². The SMILES string of the molecule is C=C1C(=O)O[C@@H]2[C@H]3C(C)=C(Cl)C(=O)C3=C(C)[C@@H](OC(C)=O)[C@@H](OC(=O)/C(=C/C)COC(C)=O)[C@@H]12. The number of fused-ring (bicyclic) bond motifs is 3. The lowest BCUT2D eigenvalue weighted by atomic mass is 9.82. The fourth-order valence-corrected chi connectivity index (χ4v) is 4.81. The molecule has 1 heterocycles. The number of ketones is 1. The van der Waals surface area contributed by atoms with Crippen molar-refractivity contribution in [2.24, 2.45) is 11.8 Å². The van der Waals surface area contributed by atoms with Gasteiger partial charge in [-0.3, -0.25) is 14.4 Å². The number of rotatable bonds is 5. The molecule has 0 spiro atoms. The van der Waals surface area contributed by atoms with Gasteiger partial charge >= 0.3 is 23.9 Å². The Kier molecular flexibility index (Phi) is 7.16. The summed E-state index contributed by atoms with van der Waals surface area (Å²) in [5.74, 6) is -4.96. The molecular formula is C24H25ClO9. The zero-order valence-electron chi connectivity index (χ0n) is 19.4. The minimum absolute atomic E-state index is 0.00117. The van der Waals surface area contributed by atoms with Gasteiger partial charge in [0.2, 0.25) is 5.78 Å². The Hall–Kier alpha value is -3.20. The van der Waals surface area contributed by atoms with E-state index in [0.29, 0.717) is 11.1 Å². The van der Waals surface area contributed by atoms with Gasteiger partial charge in [-0.25, -0.2) is 9.59 Å². The van der Waals surface area contributed by atoms with Gasteiger partial charge in [0.1, 0.15) is 12.7 Å². The molecule has 0 N–H and O–H groups in total. The maximum atomic E-state index is 13.0. The lowest BCUT2D eigenvalue weighted by Crippen LogP contribution is -2.44. The van der Waals surface area contributed by atoms with E-state index in [1.54, 1.807) is 20.8 Å². The molecule has 0 saturated carbocycles. The number of allylic oxidation sites excluding steroid dienone is 2. The normalized spacial score (nSPS) is 28.8. The molecule has 1 aliphatic heterocycles. The summed E-state index contributed by atoms with van der Waals surface area (Å²) in [5, 5.41) is 0.00117. The molecule has 0 aromatic carbocycles. The summed E-state index contributed by atoms with van der Waals surface area (Å²) < 4.78 is 21.8. The van der Waals surface area contributed by atoms with Crippen molar-refractivity contribution >= 4 is 41.3 Å². The van der Waals surface area contributed by atoms with Crippen molar-refractivity contribution in [1.82, 2.24) is 0 Å². The molecule has 0 amide bonds. The summed E-state index contributed by atoms with van der Waals surface area (Å²) in [6.07, 6.45) is -2.00. The van der Waals surface area contributed by atoms with Crippen LogP contribution in [0.3, 0.4) is 0 Å². The number of esters is 4. The number of carbonyl (C=O) groups excluding carboxylic acids is 5. The first-order valence-corrected chi connectivity index (χ1v) is 11.0. The van der Waals surface area contributed by atoms with Gasteiger partial charge in [0, 0.05) is 30.9 Å². The highest BCUT2D eigenvalue weighted by molar-refractivity contribution is 6.47. The maximum Gasteiger partial charge on any atom is 0.337 e. The molecule has 10 heteroatoms. The number of hydrogen-bond donors (Lipinski definition) is 0. The van der Waals surface area contributed by atoms with Gasteiger partial charge in [-0.15, -0.1) is 0 Å². The minimum Gasteiger partial charge on any atom is -0.461 e. The average molecular weight is 493 g/mol. The Balaban J connectivity index is 2.12. The molecule has 182 valence electrons. The Morgan fingerprint density at radius 1 is 1.09 bits per heavy atom. The van der Waals surface area contributed by atoms with Crippen LogP contribution in [0.15, 0.2) is 45.6 Å². The second-order valence-electron chi connectivity index (χ2n) is 8.32. The summed E-state index contributed by atoms with van der Waals surface area (Å²) in [6.45, 7) is 10.7. The van der Waals surface area contributed by atoms with Crippen molar-refractivity contribution in [3.8, 4) is 0 Å². The van der Waals surface area contributed by atoms with Crippen LogP contribution in [0.1, 0.15) is 34.6 Å². The van der Waals surface area contributed by atoms with Crippen molar-refractivity contribution in [2.45, 2.75) is 52.9 Å². The van der Waals surface area contributed by atoms with Gasteiger partial charge < -0.3 is 18.9 Å². The molecule has 1 saturated heterocycles. The second-order valence-corrected chi connectivity index (χ2v) is 8.69. The van der Waals surface area contributed by atoms with E-state index in [1.807, 2.05) is 0 Å². The second kappa shape index (κ2) is 9.58. The number of carbonyl (C=O) groups is 5. The molecule has 34 heavy (non-hydrogen) atoms. The topological polar surface area (TPSA) is 122 Å². The van der Waals surface area contributed by atoms with E-state index in [4.69, 9.17) is 30.5 Å². The number of ether oxygens (including phenoxy) is 4. The van der Waals surface area contributed by atoms with Crippen LogP contribution in [0.25, 0.3) is 0 Å². The van der Waals surface area contributed by atoms with Crippen LogP contribution in [-0.2, 0) is 42.9 Å². The van der Waals surface area contributed by atoms with Gasteiger partial charge in [0.25, 0.3) is 0 Å². The molecule has 9 nitrogen and oxygen atoms in total. The molecule has 2 aliphatic carbocycles. The quantitative estimate of drug-likeness (QED) is 0.323. The molecule has 0 bridgehead atoms. The van der Waals surface area contributed by atoms with Gasteiger partial charge in [-0.1, -0.05) is 24.3 Å². The lowest BCUT2D eigenvalue weighted by Gasteiger charge is -2.32. The highest BCUT2D eigenvalue weighted by Gasteiger charge is 2.58. The minimum atomic E-state index is -1.25. The largest absolute Gasteiger partial charge is 0.461 e. The Morgan fingerprint density at radius 3 is 2.29 bits per heavy atom. The standard InChI is InChI=1S/C24H25ClO9/c1-7-14(8-31-12(5)26)24(30)34-22-17-11(4)23(29)33-21(17)16-9(2)18(25)19(28)15(16)10(3)20(22)32-13(6)27/h7,16-17,20-22H,4,8H2,1-3,5-6H3/b14-7+/t16-,17-,20+,21+,22-/m0/s1. The summed E-state index contributed by atoms with van der Waals surface area (Å²) in [7, 11) is 0. The molecule has 0 radical (unpaired) electrons. The third kappa shape index (κ3) is 4.32. The number of Topliss-reactive ketones (excluding diaryl/α,β-unsaturated/α-hetero) is 1. The van der Waals surface area contributed by atoms with Crippen molar-refractivity contribution in [3.63, 3.8) is 0 Å². The van der Waals surface area contributed by atoms with Crippen LogP contribution in [0.5, 0.6) is 0 Å². The monoisotopic (exact) mass is 492 g/mol. The third-order valence-electron chi connectivity index (χ3n) is 6.24. The smallest absolute Gasteiger partial charge is 0.337 e. The van der Waals surface area contributed by atoms with Crippen molar-refractivity contribution in [2.75, 3.05) is 6.61 Å². The maximum absolute atomic E-state index is 13.0. The predicted molar refractivity (Wildman–Crippen MR) is 118 cm³/mol. The van der Waals surface area contributed by atoms with Crippen molar-refractivity contribution in [1.29, 1.82) is 0 Å². The lowest BCUT2D eigenvalue weighted by molar-refractivity contribution is -0.166. The fourth-order valence-electron chi connectivity index (χ4n) is 4.59. The first-order valence-electron chi connectivity index (χ1n) is 10.6. The molecule has 3 rings (SSSR count). The molecule has 0 aromatic heterocycles. The highest BCUT2D eigenvalue weighted by atomic mass is 35.5. The van der Waals surface area contributed by atoms with Gasteiger partial charge in [0.15, 0.2) is 12.2 Å². The number of halogens is 1. The molecule has 0 unspecified atom stereocenters. The van der Waals surface area contributed by atoms with E-state index in [2.05, 4.69) is 6.58 Å². The Morgan fingerprint density at radius 2 is 1.74 bits per heavy atom. The molecule has 1 fully saturated rings. The van der Waals surface area contributed by atoms with E-state index in [0.717, 1.165) is 0 Å². The van der Waals surface area contributed by atoms with E-state index in [9.17, 15) is 24.0 Å². The van der Waals surface area contributed by atoms with Crippen LogP contribution < -0.4 is 0 Å². The average Bonchev–Trinajstić information content (AvgIpc) is 3.13. The first-order chi connectivity index (χ1) is 15.9. The third-order valence-corrected chi connectivity index (χ3v) is 6.71. The molecular weight excluding hydrogens is 468 g/mol. The molecule has 5 atom stereocenters. The summed E-state index contributed by atoms with van der Waals surface area (Å²) in [4.78, 5) is 61.8. The van der Waals surface area contributed by atoms with E-state index in [-0.39, 0.29) is 28.4 Å². The summed E-state index contributed by atoms with van der Waals surface area (Å²) >= 11 is 6.26. The van der Waals surface area contributed by atoms with E-state index in [1.165, 1.54) is 19.9 Å². The van der Waals surface area contributed by atoms with Crippen LogP contribution in [0.2, 0.25) is 0 Å². The summed E-state index contributed by atoms with van der Waals surface area (Å²) in [5.41, 5.74) is 1.11.